The third-order valence-electron chi connectivity index (χ3n) is 1.39. The summed E-state index contributed by atoms with van der Waals surface area (Å²) in [4.78, 5) is 0. The molecule has 0 aromatic carbocycles. The van der Waals surface area contributed by atoms with Crippen LogP contribution in [0.5, 0.6) is 0 Å². The van der Waals surface area contributed by atoms with Gasteiger partial charge in [0.05, 0.1) is 19.1 Å². The van der Waals surface area contributed by atoms with E-state index in [0.717, 1.165) is 12.5 Å². The minimum Gasteiger partial charge on any atom is -0.268 e. The smallest absolute Gasteiger partial charge is 0.264 e. The summed E-state index contributed by atoms with van der Waals surface area (Å²) in [5.74, 6) is 0. The van der Waals surface area contributed by atoms with Gasteiger partial charge in [0.2, 0.25) is 0 Å². The number of hydrogen-bond donors (Lipinski definition) is 0. The van der Waals surface area contributed by atoms with Crippen molar-refractivity contribution in [2.24, 2.45) is 0 Å². The van der Waals surface area contributed by atoms with Crippen LogP contribution in [0.4, 0.5) is 0 Å². The fourth-order valence-electron chi connectivity index (χ4n) is 0.928. The van der Waals surface area contributed by atoms with E-state index in [-0.39, 0.29) is 6.61 Å². The van der Waals surface area contributed by atoms with Gasteiger partial charge in [0.25, 0.3) is 20.2 Å². The van der Waals surface area contributed by atoms with Crippen molar-refractivity contribution in [3.8, 4) is 0 Å². The lowest BCUT2D eigenvalue weighted by Crippen LogP contribution is -2.24. The summed E-state index contributed by atoms with van der Waals surface area (Å²) >= 11 is 0. The van der Waals surface area contributed by atoms with E-state index in [4.69, 9.17) is 0 Å². The fraction of sp³-hybridized carbons (Fsp3) is 1.00. The van der Waals surface area contributed by atoms with Crippen LogP contribution in [-0.4, -0.2) is 42.1 Å². The molecule has 0 amide bonds. The van der Waals surface area contributed by atoms with E-state index in [0.29, 0.717) is 12.8 Å². The lowest BCUT2D eigenvalue weighted by atomic mass is 10.2. The molecule has 0 saturated carbocycles. The Balaban J connectivity index is 4.29. The van der Waals surface area contributed by atoms with Gasteiger partial charge in [-0.25, -0.2) is 0 Å². The lowest BCUT2D eigenvalue weighted by molar-refractivity contribution is 0.131. The van der Waals surface area contributed by atoms with Gasteiger partial charge < -0.3 is 0 Å². The van der Waals surface area contributed by atoms with Gasteiger partial charge in [0, 0.05) is 0 Å². The van der Waals surface area contributed by atoms with Gasteiger partial charge >= 0.3 is 0 Å². The summed E-state index contributed by atoms with van der Waals surface area (Å²) in [6.45, 7) is 1.55. The molecule has 15 heavy (non-hydrogen) atoms. The molecule has 0 aliphatic rings. The molecule has 0 bridgehead atoms. The third-order valence-corrected chi connectivity index (χ3v) is 2.58. The molecule has 6 nitrogen and oxygen atoms in total. The fourth-order valence-corrected chi connectivity index (χ4v) is 1.97. The Morgan fingerprint density at radius 1 is 1.07 bits per heavy atom. The average Bonchev–Trinajstić information content (AvgIpc) is 1.96. The standard InChI is InChI=1S/C7H16O6S2/c1-4-5-7(13-15(3,10)11)6-12-14(2,8)9/h7H,4-6H2,1-3H3. The van der Waals surface area contributed by atoms with Crippen molar-refractivity contribution in [1.29, 1.82) is 0 Å². The molecule has 0 rings (SSSR count). The van der Waals surface area contributed by atoms with Crippen LogP contribution in [0.2, 0.25) is 0 Å². The zero-order valence-electron chi connectivity index (χ0n) is 8.96. The van der Waals surface area contributed by atoms with Gasteiger partial charge in [0.15, 0.2) is 0 Å². The molecule has 0 aliphatic carbocycles. The first kappa shape index (κ1) is 14.8. The monoisotopic (exact) mass is 260 g/mol. The van der Waals surface area contributed by atoms with Crippen LogP contribution in [0.25, 0.3) is 0 Å². The van der Waals surface area contributed by atoms with E-state index in [1.54, 1.807) is 0 Å². The van der Waals surface area contributed by atoms with E-state index in [2.05, 4.69) is 8.37 Å². The maximum Gasteiger partial charge on any atom is 0.264 e. The Morgan fingerprint density at radius 3 is 1.93 bits per heavy atom. The molecule has 0 spiro atoms. The highest BCUT2D eigenvalue weighted by atomic mass is 32.2. The van der Waals surface area contributed by atoms with Crippen LogP contribution in [0.15, 0.2) is 0 Å². The highest BCUT2D eigenvalue weighted by Gasteiger charge is 2.17. The Bertz CT molecular complexity index is 368. The van der Waals surface area contributed by atoms with Crippen molar-refractivity contribution >= 4 is 20.2 Å². The summed E-state index contributed by atoms with van der Waals surface area (Å²) in [7, 11) is -7.16. The van der Waals surface area contributed by atoms with Gasteiger partial charge in [-0.05, 0) is 6.42 Å². The largest absolute Gasteiger partial charge is 0.268 e. The van der Waals surface area contributed by atoms with Crippen LogP contribution in [-0.2, 0) is 28.6 Å². The van der Waals surface area contributed by atoms with Crippen molar-refractivity contribution in [2.45, 2.75) is 25.9 Å². The minimum atomic E-state index is -3.59. The molecule has 1 unspecified atom stereocenters. The lowest BCUT2D eigenvalue weighted by Gasteiger charge is -2.14. The molecular formula is C7H16O6S2. The van der Waals surface area contributed by atoms with Crippen molar-refractivity contribution in [2.75, 3.05) is 19.1 Å². The summed E-state index contributed by atoms with van der Waals surface area (Å²) in [6, 6.07) is 0. The first-order valence-electron chi connectivity index (χ1n) is 4.36. The van der Waals surface area contributed by atoms with E-state index < -0.39 is 26.3 Å². The molecule has 0 fully saturated rings. The second-order valence-electron chi connectivity index (χ2n) is 3.20. The quantitative estimate of drug-likeness (QED) is 0.604. The van der Waals surface area contributed by atoms with Gasteiger partial charge in [0.1, 0.15) is 6.10 Å². The van der Waals surface area contributed by atoms with Gasteiger partial charge in [-0.2, -0.15) is 16.8 Å². The molecule has 0 heterocycles. The highest BCUT2D eigenvalue weighted by Crippen LogP contribution is 2.07. The molecule has 0 aromatic rings. The summed E-state index contributed by atoms with van der Waals surface area (Å²) in [5.41, 5.74) is 0. The molecule has 0 aromatic heterocycles. The second-order valence-corrected chi connectivity index (χ2v) is 6.44. The van der Waals surface area contributed by atoms with Crippen LogP contribution in [0.3, 0.4) is 0 Å². The molecular weight excluding hydrogens is 244 g/mol. The first-order chi connectivity index (χ1) is 6.64. The van der Waals surface area contributed by atoms with E-state index in [9.17, 15) is 16.8 Å². The summed E-state index contributed by atoms with van der Waals surface area (Å²) in [6.07, 6.45) is 2.15. The third kappa shape index (κ3) is 10.1. The molecule has 0 radical (unpaired) electrons. The van der Waals surface area contributed by atoms with Crippen LogP contribution in [0.1, 0.15) is 19.8 Å². The minimum absolute atomic E-state index is 0.278. The second kappa shape index (κ2) is 5.78. The van der Waals surface area contributed by atoms with Gasteiger partial charge in [-0.15, -0.1) is 0 Å². The predicted octanol–water partition coefficient (Wildman–Crippen LogP) is 0.108. The van der Waals surface area contributed by atoms with E-state index >= 15 is 0 Å². The molecule has 92 valence electrons. The molecule has 1 atom stereocenters. The Labute approximate surface area is 90.8 Å². The van der Waals surface area contributed by atoms with Crippen molar-refractivity contribution < 1.29 is 25.2 Å². The number of rotatable bonds is 7. The molecule has 0 aliphatic heterocycles. The number of hydrogen-bond acceptors (Lipinski definition) is 6. The Morgan fingerprint density at radius 2 is 1.60 bits per heavy atom. The van der Waals surface area contributed by atoms with Gasteiger partial charge in [-0.1, -0.05) is 13.3 Å². The average molecular weight is 260 g/mol. The maximum absolute atomic E-state index is 10.8. The van der Waals surface area contributed by atoms with Crippen LogP contribution < -0.4 is 0 Å². The zero-order chi connectivity index (χ0) is 12.1. The van der Waals surface area contributed by atoms with Crippen LogP contribution in [0, 0.1) is 0 Å². The van der Waals surface area contributed by atoms with Crippen molar-refractivity contribution in [3.63, 3.8) is 0 Å². The predicted molar refractivity (Wildman–Crippen MR) is 55.4 cm³/mol. The zero-order valence-corrected chi connectivity index (χ0v) is 10.6. The van der Waals surface area contributed by atoms with E-state index in [1.807, 2.05) is 6.92 Å². The van der Waals surface area contributed by atoms with Crippen molar-refractivity contribution in [3.05, 3.63) is 0 Å². The summed E-state index contributed by atoms with van der Waals surface area (Å²) in [5, 5.41) is 0. The Kier molecular flexibility index (Phi) is 5.71. The van der Waals surface area contributed by atoms with E-state index in [1.165, 1.54) is 0 Å². The topological polar surface area (TPSA) is 86.7 Å². The highest BCUT2D eigenvalue weighted by molar-refractivity contribution is 7.86. The molecule has 8 heteroatoms. The first-order valence-corrected chi connectivity index (χ1v) is 8.00. The van der Waals surface area contributed by atoms with Crippen molar-refractivity contribution in [1.82, 2.24) is 0 Å². The normalized spacial score (nSPS) is 15.1. The SMILES string of the molecule is CCCC(COS(C)(=O)=O)OS(C)(=O)=O. The van der Waals surface area contributed by atoms with Gasteiger partial charge in [-0.3, -0.25) is 8.37 Å². The molecule has 0 saturated heterocycles. The maximum atomic E-state index is 10.8. The Hall–Kier alpha value is -0.180. The van der Waals surface area contributed by atoms with Crippen LogP contribution >= 0.6 is 0 Å². The molecule has 0 N–H and O–H groups in total. The summed E-state index contributed by atoms with van der Waals surface area (Å²) < 4.78 is 52.1.